The van der Waals surface area contributed by atoms with Gasteiger partial charge in [-0.25, -0.2) is 9.97 Å². The Labute approximate surface area is 122 Å². The summed E-state index contributed by atoms with van der Waals surface area (Å²) in [5.41, 5.74) is 1.68. The van der Waals surface area contributed by atoms with E-state index in [-0.39, 0.29) is 5.78 Å². The number of Topliss-reactive ketones (excluding diaryl/α,β-unsaturated/α-hetero) is 1. The van der Waals surface area contributed by atoms with Crippen molar-refractivity contribution in [3.63, 3.8) is 0 Å². The van der Waals surface area contributed by atoms with E-state index >= 15 is 0 Å². The van der Waals surface area contributed by atoms with E-state index < -0.39 is 0 Å². The Kier molecular flexibility index (Phi) is 5.12. The number of aromatic nitrogens is 2. The van der Waals surface area contributed by atoms with Crippen LogP contribution in [0.3, 0.4) is 0 Å². The quantitative estimate of drug-likeness (QED) is 0.464. The maximum absolute atomic E-state index is 12.0. The van der Waals surface area contributed by atoms with Crippen LogP contribution >= 0.6 is 11.8 Å². The average Bonchev–Trinajstić information content (AvgIpc) is 2.47. The van der Waals surface area contributed by atoms with Crippen molar-refractivity contribution in [2.24, 2.45) is 0 Å². The topological polar surface area (TPSA) is 52.1 Å². The summed E-state index contributed by atoms with van der Waals surface area (Å²) in [5, 5.41) is 0.620. The van der Waals surface area contributed by atoms with Crippen LogP contribution in [0.5, 0.6) is 5.75 Å². The molecule has 0 amide bonds. The number of carbonyl (C=O) groups is 1. The fourth-order valence-corrected chi connectivity index (χ4v) is 2.25. The molecule has 0 spiro atoms. The van der Waals surface area contributed by atoms with E-state index in [1.165, 1.54) is 11.8 Å². The molecule has 0 saturated heterocycles. The molecule has 2 rings (SSSR count). The summed E-state index contributed by atoms with van der Waals surface area (Å²) in [6, 6.07) is 7.18. The predicted molar refractivity (Wildman–Crippen MR) is 79.4 cm³/mol. The Hall–Kier alpha value is -1.88. The third-order valence-electron chi connectivity index (χ3n) is 2.58. The van der Waals surface area contributed by atoms with Crippen LogP contribution in [0.1, 0.15) is 22.8 Å². The van der Waals surface area contributed by atoms with Crippen molar-refractivity contribution in [2.45, 2.75) is 19.0 Å². The molecule has 0 unspecified atom stereocenters. The van der Waals surface area contributed by atoms with E-state index in [9.17, 15) is 4.79 Å². The first-order valence-electron chi connectivity index (χ1n) is 6.36. The summed E-state index contributed by atoms with van der Waals surface area (Å²) in [4.78, 5) is 20.4. The van der Waals surface area contributed by atoms with E-state index in [0.717, 1.165) is 11.3 Å². The van der Waals surface area contributed by atoms with E-state index in [0.29, 0.717) is 23.1 Å². The van der Waals surface area contributed by atoms with E-state index in [2.05, 4.69) is 9.97 Å². The second-order valence-electron chi connectivity index (χ2n) is 4.21. The Morgan fingerprint density at radius 3 is 2.45 bits per heavy atom. The molecule has 4 nitrogen and oxygen atoms in total. The van der Waals surface area contributed by atoms with Crippen molar-refractivity contribution in [1.82, 2.24) is 9.97 Å². The molecule has 0 N–H and O–H groups in total. The lowest BCUT2D eigenvalue weighted by Gasteiger charge is -2.04. The number of benzene rings is 1. The lowest BCUT2D eigenvalue weighted by molar-refractivity contribution is 0.102. The van der Waals surface area contributed by atoms with Crippen LogP contribution in [0.4, 0.5) is 0 Å². The van der Waals surface area contributed by atoms with Gasteiger partial charge in [0.25, 0.3) is 0 Å². The van der Waals surface area contributed by atoms with Crippen molar-refractivity contribution in [1.29, 1.82) is 0 Å². The predicted octanol–water partition coefficient (Wildman–Crippen LogP) is 3.16. The highest BCUT2D eigenvalue weighted by Crippen LogP contribution is 2.17. The fourth-order valence-electron chi connectivity index (χ4n) is 1.57. The van der Waals surface area contributed by atoms with Crippen LogP contribution in [0.25, 0.3) is 0 Å². The number of hydrogen-bond donors (Lipinski definition) is 0. The highest BCUT2D eigenvalue weighted by atomic mass is 32.2. The van der Waals surface area contributed by atoms with Gasteiger partial charge in [0.05, 0.1) is 12.4 Å². The molecule has 0 aliphatic heterocycles. The number of aryl methyl sites for hydroxylation is 1. The van der Waals surface area contributed by atoms with Crippen LogP contribution in [0, 0.1) is 6.92 Å². The molecule has 1 heterocycles. The highest BCUT2D eigenvalue weighted by molar-refractivity contribution is 7.99. The van der Waals surface area contributed by atoms with Crippen molar-refractivity contribution < 1.29 is 9.53 Å². The molecular weight excluding hydrogens is 272 g/mol. The smallest absolute Gasteiger partial charge is 0.187 e. The number of ether oxygens (including phenoxy) is 1. The molecule has 0 saturated carbocycles. The molecule has 2 aromatic rings. The first kappa shape index (κ1) is 14.5. The van der Waals surface area contributed by atoms with E-state index in [1.54, 1.807) is 24.5 Å². The molecule has 104 valence electrons. The second kappa shape index (κ2) is 7.05. The first-order chi connectivity index (χ1) is 9.69. The van der Waals surface area contributed by atoms with Gasteiger partial charge < -0.3 is 4.74 Å². The van der Waals surface area contributed by atoms with Gasteiger partial charge in [-0.3, -0.25) is 4.79 Å². The SMILES string of the molecule is CCOc1ccc(C(=O)CSc2ncc(C)cn2)cc1. The Bertz CT molecular complexity index is 567. The largest absolute Gasteiger partial charge is 0.494 e. The van der Waals surface area contributed by atoms with Crippen molar-refractivity contribution in [3.05, 3.63) is 47.8 Å². The zero-order valence-electron chi connectivity index (χ0n) is 11.5. The van der Waals surface area contributed by atoms with Gasteiger partial charge in [0.1, 0.15) is 5.75 Å². The minimum absolute atomic E-state index is 0.0576. The minimum Gasteiger partial charge on any atom is -0.494 e. The number of hydrogen-bond acceptors (Lipinski definition) is 5. The standard InChI is InChI=1S/C15H16N2O2S/c1-3-19-13-6-4-12(5-7-13)14(18)10-20-15-16-8-11(2)9-17-15/h4-9H,3,10H2,1-2H3. The monoisotopic (exact) mass is 288 g/mol. The first-order valence-corrected chi connectivity index (χ1v) is 7.35. The van der Waals surface area contributed by atoms with Crippen molar-refractivity contribution in [3.8, 4) is 5.75 Å². The van der Waals surface area contributed by atoms with Crippen molar-refractivity contribution >= 4 is 17.5 Å². The zero-order valence-corrected chi connectivity index (χ0v) is 12.3. The normalized spacial score (nSPS) is 10.3. The van der Waals surface area contributed by atoms with Gasteiger partial charge in [0.15, 0.2) is 10.9 Å². The van der Waals surface area contributed by atoms with Gasteiger partial charge in [-0.05, 0) is 43.7 Å². The van der Waals surface area contributed by atoms with Crippen molar-refractivity contribution in [2.75, 3.05) is 12.4 Å². The van der Waals surface area contributed by atoms with Gasteiger partial charge in [-0.1, -0.05) is 11.8 Å². The fraction of sp³-hybridized carbons (Fsp3) is 0.267. The van der Waals surface area contributed by atoms with Gasteiger partial charge in [-0.15, -0.1) is 0 Å². The van der Waals surface area contributed by atoms with E-state index in [4.69, 9.17) is 4.74 Å². The number of rotatable bonds is 6. The number of thioether (sulfide) groups is 1. The third-order valence-corrected chi connectivity index (χ3v) is 3.45. The lowest BCUT2D eigenvalue weighted by Crippen LogP contribution is -2.03. The summed E-state index contributed by atoms with van der Waals surface area (Å²) >= 11 is 1.34. The van der Waals surface area contributed by atoms with Crippen LogP contribution in [-0.4, -0.2) is 28.1 Å². The van der Waals surface area contributed by atoms with Crippen LogP contribution in [-0.2, 0) is 0 Å². The van der Waals surface area contributed by atoms with Crippen LogP contribution < -0.4 is 4.74 Å². The Morgan fingerprint density at radius 1 is 1.20 bits per heavy atom. The maximum atomic E-state index is 12.0. The number of carbonyl (C=O) groups excluding carboxylic acids is 1. The minimum atomic E-state index is 0.0576. The average molecular weight is 288 g/mol. The highest BCUT2D eigenvalue weighted by Gasteiger charge is 2.08. The third kappa shape index (κ3) is 4.06. The molecular formula is C15H16N2O2S. The van der Waals surface area contributed by atoms with Gasteiger partial charge in [0, 0.05) is 18.0 Å². The summed E-state index contributed by atoms with van der Waals surface area (Å²) in [6.07, 6.45) is 3.49. The van der Waals surface area contributed by atoms with Crippen LogP contribution in [0.15, 0.2) is 41.8 Å². The molecule has 0 aliphatic rings. The second-order valence-corrected chi connectivity index (χ2v) is 5.15. The van der Waals surface area contributed by atoms with Gasteiger partial charge in [-0.2, -0.15) is 0 Å². The van der Waals surface area contributed by atoms with Crippen LogP contribution in [0.2, 0.25) is 0 Å². The molecule has 1 aromatic carbocycles. The lowest BCUT2D eigenvalue weighted by atomic mass is 10.1. The molecule has 20 heavy (non-hydrogen) atoms. The Balaban J connectivity index is 1.92. The molecule has 0 radical (unpaired) electrons. The molecule has 0 fully saturated rings. The molecule has 5 heteroatoms. The number of ketones is 1. The molecule has 1 aromatic heterocycles. The van der Waals surface area contributed by atoms with Gasteiger partial charge >= 0.3 is 0 Å². The Morgan fingerprint density at radius 2 is 1.85 bits per heavy atom. The van der Waals surface area contributed by atoms with Gasteiger partial charge in [0.2, 0.25) is 0 Å². The summed E-state index contributed by atoms with van der Waals surface area (Å²) in [6.45, 7) is 4.48. The zero-order chi connectivity index (χ0) is 14.4. The summed E-state index contributed by atoms with van der Waals surface area (Å²) < 4.78 is 5.34. The molecule has 0 atom stereocenters. The van der Waals surface area contributed by atoms with E-state index in [1.807, 2.05) is 26.0 Å². The molecule has 0 bridgehead atoms. The summed E-state index contributed by atoms with van der Waals surface area (Å²) in [5.74, 6) is 1.16. The summed E-state index contributed by atoms with van der Waals surface area (Å²) in [7, 11) is 0. The molecule has 0 aliphatic carbocycles. The number of nitrogens with zero attached hydrogens (tertiary/aromatic N) is 2. The maximum Gasteiger partial charge on any atom is 0.187 e.